The van der Waals surface area contributed by atoms with Gasteiger partial charge in [0.25, 0.3) is 0 Å². The van der Waals surface area contributed by atoms with Crippen LogP contribution in [0.1, 0.15) is 25.5 Å². The quantitative estimate of drug-likeness (QED) is 0.602. The Labute approximate surface area is 125 Å². The predicted molar refractivity (Wildman–Crippen MR) is 81.3 cm³/mol. The van der Waals surface area contributed by atoms with Gasteiger partial charge in [-0.1, -0.05) is 13.8 Å². The Morgan fingerprint density at radius 2 is 1.95 bits per heavy atom. The Bertz CT molecular complexity index is 981. The minimum atomic E-state index is 0.327. The second-order valence-electron chi connectivity index (χ2n) is 5.36. The van der Waals surface area contributed by atoms with Crippen LogP contribution in [-0.4, -0.2) is 34.2 Å². The van der Waals surface area contributed by atoms with Crippen molar-refractivity contribution in [3.05, 3.63) is 36.4 Å². The molecule has 0 fully saturated rings. The lowest BCUT2D eigenvalue weighted by atomic mass is 10.1. The number of hydrogen-bond donors (Lipinski definition) is 1. The van der Waals surface area contributed by atoms with Gasteiger partial charge in [-0.3, -0.25) is 0 Å². The van der Waals surface area contributed by atoms with Crippen LogP contribution in [0.2, 0.25) is 0 Å². The first-order valence-corrected chi connectivity index (χ1v) is 6.95. The van der Waals surface area contributed by atoms with Crippen LogP contribution in [-0.2, 0) is 0 Å². The zero-order chi connectivity index (χ0) is 15.3. The first kappa shape index (κ1) is 12.7. The van der Waals surface area contributed by atoms with Crippen molar-refractivity contribution < 1.29 is 0 Å². The second kappa shape index (κ2) is 4.48. The topological polar surface area (TPSA) is 99.3 Å². The van der Waals surface area contributed by atoms with E-state index in [0.717, 1.165) is 11.3 Å². The van der Waals surface area contributed by atoms with Crippen molar-refractivity contribution >= 4 is 17.1 Å². The van der Waals surface area contributed by atoms with Crippen LogP contribution in [0.4, 0.5) is 5.82 Å². The van der Waals surface area contributed by atoms with E-state index < -0.39 is 0 Å². The van der Waals surface area contributed by atoms with E-state index in [1.807, 2.05) is 18.3 Å². The molecule has 0 atom stereocenters. The van der Waals surface area contributed by atoms with Crippen LogP contribution in [0.3, 0.4) is 0 Å². The van der Waals surface area contributed by atoms with Gasteiger partial charge in [0, 0.05) is 24.7 Å². The van der Waals surface area contributed by atoms with Gasteiger partial charge in [0.15, 0.2) is 17.1 Å². The van der Waals surface area contributed by atoms with Crippen LogP contribution < -0.4 is 5.73 Å². The Kier molecular flexibility index (Phi) is 2.59. The fourth-order valence-corrected chi connectivity index (χ4v) is 2.26. The van der Waals surface area contributed by atoms with Gasteiger partial charge in [-0.2, -0.15) is 5.10 Å². The van der Waals surface area contributed by atoms with Crippen molar-refractivity contribution in [2.45, 2.75) is 19.8 Å². The number of rotatable bonds is 2. The Balaban J connectivity index is 1.88. The maximum absolute atomic E-state index is 5.92. The molecule has 0 aliphatic carbocycles. The molecule has 4 rings (SSSR count). The molecule has 0 spiro atoms. The van der Waals surface area contributed by atoms with Gasteiger partial charge < -0.3 is 5.73 Å². The first-order chi connectivity index (χ1) is 10.6. The monoisotopic (exact) mass is 294 g/mol. The molecule has 22 heavy (non-hydrogen) atoms. The van der Waals surface area contributed by atoms with E-state index in [9.17, 15) is 0 Å². The second-order valence-corrected chi connectivity index (χ2v) is 5.36. The number of nitrogen functional groups attached to an aromatic ring is 1. The third-order valence-corrected chi connectivity index (χ3v) is 3.44. The van der Waals surface area contributed by atoms with Crippen molar-refractivity contribution in [2.24, 2.45) is 0 Å². The lowest BCUT2D eigenvalue weighted by molar-refractivity contribution is 0.786. The fourth-order valence-electron chi connectivity index (χ4n) is 2.26. The molecule has 0 aromatic carbocycles. The molecule has 0 radical (unpaired) electrons. The molecule has 2 N–H and O–H groups in total. The molecule has 4 aromatic rings. The van der Waals surface area contributed by atoms with Crippen LogP contribution in [0.15, 0.2) is 30.7 Å². The standard InChI is InChI=1S/C14H14N8/c1-8(2)10-7-11-17-9(3-5-21(11)19-10)13-18-12(15)14-16-4-6-22(14)20-13/h3-8H,1-2H3,(H2,15,18,20). The summed E-state index contributed by atoms with van der Waals surface area (Å²) in [7, 11) is 0. The Hall–Kier alpha value is -3.03. The smallest absolute Gasteiger partial charge is 0.200 e. The zero-order valence-electron chi connectivity index (χ0n) is 12.2. The van der Waals surface area contributed by atoms with E-state index in [-0.39, 0.29) is 0 Å². The molecule has 0 aliphatic heterocycles. The highest BCUT2D eigenvalue weighted by molar-refractivity contribution is 5.63. The average molecular weight is 294 g/mol. The molecule has 0 bridgehead atoms. The van der Waals surface area contributed by atoms with E-state index in [1.165, 1.54) is 0 Å². The summed E-state index contributed by atoms with van der Waals surface area (Å²) in [4.78, 5) is 13.0. The summed E-state index contributed by atoms with van der Waals surface area (Å²) >= 11 is 0. The minimum absolute atomic E-state index is 0.327. The summed E-state index contributed by atoms with van der Waals surface area (Å²) in [5.41, 5.74) is 8.85. The fraction of sp³-hybridized carbons (Fsp3) is 0.214. The Morgan fingerprint density at radius 3 is 2.77 bits per heavy atom. The number of nitrogens with zero attached hydrogens (tertiary/aromatic N) is 7. The molecule has 0 unspecified atom stereocenters. The molecule has 110 valence electrons. The SMILES string of the molecule is CC(C)c1cc2nc(-c3nc(N)c4nccn4n3)ccn2n1. The molecule has 0 saturated heterocycles. The predicted octanol–water partition coefficient (Wildman–Crippen LogP) is 1.54. The van der Waals surface area contributed by atoms with Crippen molar-refractivity contribution in [1.82, 2.24) is 34.2 Å². The van der Waals surface area contributed by atoms with Gasteiger partial charge >= 0.3 is 0 Å². The molecule has 4 heterocycles. The number of anilines is 1. The van der Waals surface area contributed by atoms with Crippen LogP contribution in [0.25, 0.3) is 22.8 Å². The van der Waals surface area contributed by atoms with E-state index >= 15 is 0 Å². The minimum Gasteiger partial charge on any atom is -0.380 e. The van der Waals surface area contributed by atoms with E-state index in [4.69, 9.17) is 5.73 Å². The molecule has 0 saturated carbocycles. The van der Waals surface area contributed by atoms with Gasteiger partial charge in [-0.25, -0.2) is 24.0 Å². The summed E-state index contributed by atoms with van der Waals surface area (Å²) in [6.45, 7) is 4.19. The van der Waals surface area contributed by atoms with Crippen molar-refractivity contribution in [3.63, 3.8) is 0 Å². The number of hydrogen-bond acceptors (Lipinski definition) is 6. The zero-order valence-corrected chi connectivity index (χ0v) is 12.2. The summed E-state index contributed by atoms with van der Waals surface area (Å²) in [5.74, 6) is 1.13. The maximum Gasteiger partial charge on any atom is 0.200 e. The number of aromatic nitrogens is 7. The highest BCUT2D eigenvalue weighted by Gasteiger charge is 2.12. The van der Waals surface area contributed by atoms with E-state index in [1.54, 1.807) is 21.4 Å². The van der Waals surface area contributed by atoms with Crippen molar-refractivity contribution in [2.75, 3.05) is 5.73 Å². The summed E-state index contributed by atoms with van der Waals surface area (Å²) in [6, 6.07) is 3.79. The number of nitrogens with two attached hydrogens (primary N) is 1. The molecule has 0 aliphatic rings. The third kappa shape index (κ3) is 1.88. The lowest BCUT2D eigenvalue weighted by Crippen LogP contribution is -2.04. The first-order valence-electron chi connectivity index (χ1n) is 6.95. The molecule has 4 aromatic heterocycles. The number of fused-ring (bicyclic) bond motifs is 2. The van der Waals surface area contributed by atoms with Crippen molar-refractivity contribution in [1.29, 1.82) is 0 Å². The molecule has 8 heteroatoms. The maximum atomic E-state index is 5.92. The molecule has 8 nitrogen and oxygen atoms in total. The molecule has 0 amide bonds. The molecular weight excluding hydrogens is 280 g/mol. The summed E-state index contributed by atoms with van der Waals surface area (Å²) < 4.78 is 3.34. The van der Waals surface area contributed by atoms with Crippen molar-refractivity contribution in [3.8, 4) is 11.5 Å². The van der Waals surface area contributed by atoms with Crippen LogP contribution >= 0.6 is 0 Å². The number of imidazole rings is 1. The third-order valence-electron chi connectivity index (χ3n) is 3.44. The molecular formula is C14H14N8. The van der Waals surface area contributed by atoms with Gasteiger partial charge in [0.1, 0.15) is 5.69 Å². The highest BCUT2D eigenvalue weighted by Crippen LogP contribution is 2.19. The van der Waals surface area contributed by atoms with Crippen LogP contribution in [0, 0.1) is 0 Å². The van der Waals surface area contributed by atoms with Gasteiger partial charge in [0.05, 0.1) is 5.69 Å². The largest absolute Gasteiger partial charge is 0.380 e. The van der Waals surface area contributed by atoms with Gasteiger partial charge in [0.2, 0.25) is 5.82 Å². The van der Waals surface area contributed by atoms with Crippen LogP contribution in [0.5, 0.6) is 0 Å². The van der Waals surface area contributed by atoms with Gasteiger partial charge in [-0.05, 0) is 12.0 Å². The van der Waals surface area contributed by atoms with Gasteiger partial charge in [-0.15, -0.1) is 5.10 Å². The highest BCUT2D eigenvalue weighted by atomic mass is 15.3. The summed E-state index contributed by atoms with van der Waals surface area (Å²) in [5, 5.41) is 8.87. The van der Waals surface area contributed by atoms with E-state index in [2.05, 4.69) is 39.0 Å². The average Bonchev–Trinajstić information content (AvgIpc) is 3.12. The summed E-state index contributed by atoms with van der Waals surface area (Å²) in [6.07, 6.45) is 5.21. The Morgan fingerprint density at radius 1 is 1.09 bits per heavy atom. The van der Waals surface area contributed by atoms with E-state index in [0.29, 0.717) is 28.9 Å². The normalized spacial score (nSPS) is 11.8. The lowest BCUT2D eigenvalue weighted by Gasteiger charge is -2.02.